The molecule has 1 fully saturated rings. The summed E-state index contributed by atoms with van der Waals surface area (Å²) in [5, 5.41) is 3.50. The van der Waals surface area contributed by atoms with E-state index in [2.05, 4.69) is 17.4 Å². The van der Waals surface area contributed by atoms with Crippen molar-refractivity contribution >= 4 is 23.3 Å². The number of nitrogens with one attached hydrogen (secondary N) is 1. The molecule has 0 spiro atoms. The summed E-state index contributed by atoms with van der Waals surface area (Å²) in [6.45, 7) is 1.42. The number of nitrogens with zero attached hydrogens (tertiary/aromatic N) is 1. The Morgan fingerprint density at radius 1 is 1.11 bits per heavy atom. The number of urea groups is 1. The Labute approximate surface area is 165 Å². The van der Waals surface area contributed by atoms with Gasteiger partial charge in [-0.05, 0) is 48.7 Å². The van der Waals surface area contributed by atoms with Crippen molar-refractivity contribution in [3.05, 3.63) is 53.1 Å². The monoisotopic (exact) mass is 388 g/mol. The number of carbonyl (C=O) groups is 1. The number of anilines is 1. The van der Waals surface area contributed by atoms with E-state index in [0.717, 1.165) is 31.6 Å². The lowest BCUT2D eigenvalue weighted by Crippen LogP contribution is -2.37. The Morgan fingerprint density at radius 2 is 1.89 bits per heavy atom. The number of hydrogen-bond donors (Lipinski definition) is 1. The summed E-state index contributed by atoms with van der Waals surface area (Å²) in [6, 6.07) is 13.2. The Kier molecular flexibility index (Phi) is 6.45. The first-order valence-electron chi connectivity index (χ1n) is 9.14. The number of hydrogen-bond acceptors (Lipinski definition) is 3. The van der Waals surface area contributed by atoms with Crippen LogP contribution < -0.4 is 14.8 Å². The maximum atomic E-state index is 12.9. The molecule has 2 aromatic carbocycles. The molecule has 0 saturated carbocycles. The second-order valence-electron chi connectivity index (χ2n) is 6.69. The molecular weight excluding hydrogens is 364 g/mol. The van der Waals surface area contributed by atoms with Crippen molar-refractivity contribution in [1.29, 1.82) is 0 Å². The SMILES string of the molecule is COc1ccc([C@H]2CCCCN(C(=O)Nc3cc(Cl)ccc3OC)C2)cc1. The molecule has 1 aliphatic rings. The minimum absolute atomic E-state index is 0.129. The fourth-order valence-corrected chi connectivity index (χ4v) is 3.62. The normalized spacial score (nSPS) is 17.1. The van der Waals surface area contributed by atoms with Gasteiger partial charge in [-0.3, -0.25) is 0 Å². The van der Waals surface area contributed by atoms with Crippen LogP contribution in [0.4, 0.5) is 10.5 Å². The highest BCUT2D eigenvalue weighted by Crippen LogP contribution is 2.30. The van der Waals surface area contributed by atoms with Crippen LogP contribution in [0.2, 0.25) is 5.02 Å². The Hall–Kier alpha value is -2.40. The number of methoxy groups -OCH3 is 2. The molecule has 144 valence electrons. The topological polar surface area (TPSA) is 50.8 Å². The van der Waals surface area contributed by atoms with Crippen molar-refractivity contribution in [2.24, 2.45) is 0 Å². The van der Waals surface area contributed by atoms with Crippen molar-refractivity contribution in [3.63, 3.8) is 0 Å². The first-order valence-corrected chi connectivity index (χ1v) is 9.52. The number of rotatable bonds is 4. The van der Waals surface area contributed by atoms with Gasteiger partial charge in [-0.25, -0.2) is 4.79 Å². The van der Waals surface area contributed by atoms with E-state index in [9.17, 15) is 4.79 Å². The maximum Gasteiger partial charge on any atom is 0.321 e. The van der Waals surface area contributed by atoms with Crippen LogP contribution in [0.3, 0.4) is 0 Å². The average molecular weight is 389 g/mol. The second kappa shape index (κ2) is 9.00. The zero-order valence-corrected chi connectivity index (χ0v) is 16.5. The molecule has 1 N–H and O–H groups in total. The highest BCUT2D eigenvalue weighted by molar-refractivity contribution is 6.31. The zero-order valence-electron chi connectivity index (χ0n) is 15.7. The van der Waals surface area contributed by atoms with Gasteiger partial charge in [-0.2, -0.15) is 0 Å². The fraction of sp³-hybridized carbons (Fsp3) is 0.381. The van der Waals surface area contributed by atoms with Gasteiger partial charge in [0.15, 0.2) is 0 Å². The highest BCUT2D eigenvalue weighted by Gasteiger charge is 2.24. The number of halogens is 1. The van der Waals surface area contributed by atoms with Crippen LogP contribution in [0.5, 0.6) is 11.5 Å². The van der Waals surface area contributed by atoms with Gasteiger partial charge in [-0.1, -0.05) is 30.2 Å². The van der Waals surface area contributed by atoms with Crippen LogP contribution in [-0.4, -0.2) is 38.2 Å². The average Bonchev–Trinajstić information content (AvgIpc) is 2.95. The van der Waals surface area contributed by atoms with E-state index in [4.69, 9.17) is 21.1 Å². The van der Waals surface area contributed by atoms with E-state index in [-0.39, 0.29) is 6.03 Å². The van der Waals surface area contributed by atoms with Crippen LogP contribution in [0, 0.1) is 0 Å². The van der Waals surface area contributed by atoms with E-state index >= 15 is 0 Å². The molecule has 2 aromatic rings. The van der Waals surface area contributed by atoms with Crippen LogP contribution in [-0.2, 0) is 0 Å². The molecule has 0 bridgehead atoms. The molecule has 1 atom stereocenters. The molecule has 1 saturated heterocycles. The van der Waals surface area contributed by atoms with Crippen LogP contribution in [0.15, 0.2) is 42.5 Å². The molecule has 5 nitrogen and oxygen atoms in total. The van der Waals surface area contributed by atoms with Gasteiger partial charge >= 0.3 is 6.03 Å². The third-order valence-electron chi connectivity index (χ3n) is 4.95. The van der Waals surface area contributed by atoms with E-state index in [1.807, 2.05) is 17.0 Å². The molecule has 6 heteroatoms. The minimum Gasteiger partial charge on any atom is -0.497 e. The first kappa shape index (κ1) is 19.4. The molecule has 0 radical (unpaired) electrons. The van der Waals surface area contributed by atoms with Crippen LogP contribution >= 0.6 is 11.6 Å². The minimum atomic E-state index is -0.129. The Balaban J connectivity index is 1.73. The number of benzene rings is 2. The van der Waals surface area contributed by atoms with Crippen molar-refractivity contribution < 1.29 is 14.3 Å². The van der Waals surface area contributed by atoms with E-state index < -0.39 is 0 Å². The summed E-state index contributed by atoms with van der Waals surface area (Å²) < 4.78 is 10.6. The molecule has 3 rings (SSSR count). The molecular formula is C21H25ClN2O3. The van der Waals surface area contributed by atoms with Crippen LogP contribution in [0.1, 0.15) is 30.7 Å². The summed E-state index contributed by atoms with van der Waals surface area (Å²) in [5.74, 6) is 1.75. The molecule has 0 aromatic heterocycles. The lowest BCUT2D eigenvalue weighted by Gasteiger charge is -2.25. The molecule has 1 aliphatic heterocycles. The van der Waals surface area contributed by atoms with E-state index in [1.165, 1.54) is 5.56 Å². The van der Waals surface area contributed by atoms with Gasteiger partial charge in [-0.15, -0.1) is 0 Å². The number of carbonyl (C=O) groups excluding carboxylic acids is 1. The molecule has 0 unspecified atom stereocenters. The third-order valence-corrected chi connectivity index (χ3v) is 5.18. The summed E-state index contributed by atoms with van der Waals surface area (Å²) in [6.07, 6.45) is 3.16. The van der Waals surface area contributed by atoms with E-state index in [0.29, 0.717) is 28.9 Å². The lowest BCUT2D eigenvalue weighted by atomic mass is 9.94. The standard InChI is InChI=1S/C21H25ClN2O3/c1-26-18-9-6-15(7-10-18)16-5-3-4-12-24(14-16)21(25)23-19-13-17(22)8-11-20(19)27-2/h6-11,13,16H,3-5,12,14H2,1-2H3,(H,23,25)/t16-/m0/s1. The first-order chi connectivity index (χ1) is 13.1. The predicted octanol–water partition coefficient (Wildman–Crippen LogP) is 5.16. The maximum absolute atomic E-state index is 12.9. The molecule has 1 heterocycles. The number of likely N-dealkylation sites (tertiary alicyclic amines) is 1. The van der Waals surface area contributed by atoms with Gasteiger partial charge in [0.1, 0.15) is 11.5 Å². The van der Waals surface area contributed by atoms with Crippen molar-refractivity contribution in [1.82, 2.24) is 4.90 Å². The van der Waals surface area contributed by atoms with Crippen molar-refractivity contribution in [2.75, 3.05) is 32.6 Å². The quantitative estimate of drug-likeness (QED) is 0.787. The number of ether oxygens (including phenoxy) is 2. The summed E-state index contributed by atoms with van der Waals surface area (Å²) >= 11 is 6.07. The van der Waals surface area contributed by atoms with Crippen molar-refractivity contribution in [2.45, 2.75) is 25.2 Å². The zero-order chi connectivity index (χ0) is 19.2. The molecule has 27 heavy (non-hydrogen) atoms. The van der Waals surface area contributed by atoms with E-state index in [1.54, 1.807) is 32.4 Å². The Bertz CT molecular complexity index is 779. The second-order valence-corrected chi connectivity index (χ2v) is 7.12. The van der Waals surface area contributed by atoms with Crippen molar-refractivity contribution in [3.8, 4) is 11.5 Å². The van der Waals surface area contributed by atoms with Gasteiger partial charge in [0.05, 0.1) is 19.9 Å². The third kappa shape index (κ3) is 4.86. The van der Waals surface area contributed by atoms with Gasteiger partial charge in [0.25, 0.3) is 0 Å². The van der Waals surface area contributed by atoms with Gasteiger partial charge in [0, 0.05) is 24.0 Å². The van der Waals surface area contributed by atoms with Crippen LogP contribution in [0.25, 0.3) is 0 Å². The summed E-state index contributed by atoms with van der Waals surface area (Å²) in [4.78, 5) is 14.8. The molecule has 0 aliphatic carbocycles. The smallest absolute Gasteiger partial charge is 0.321 e. The lowest BCUT2D eigenvalue weighted by molar-refractivity contribution is 0.211. The Morgan fingerprint density at radius 3 is 2.59 bits per heavy atom. The fourth-order valence-electron chi connectivity index (χ4n) is 3.45. The highest BCUT2D eigenvalue weighted by atomic mass is 35.5. The summed E-state index contributed by atoms with van der Waals surface area (Å²) in [7, 11) is 3.24. The van der Waals surface area contributed by atoms with Gasteiger partial charge < -0.3 is 19.7 Å². The molecule has 2 amide bonds. The summed E-state index contributed by atoms with van der Waals surface area (Å²) in [5.41, 5.74) is 1.82. The number of amides is 2. The largest absolute Gasteiger partial charge is 0.497 e. The predicted molar refractivity (Wildman–Crippen MR) is 108 cm³/mol. The van der Waals surface area contributed by atoms with Gasteiger partial charge in [0.2, 0.25) is 0 Å².